The van der Waals surface area contributed by atoms with Gasteiger partial charge in [-0.1, -0.05) is 0 Å². The maximum Gasteiger partial charge on any atom is 0.166 e. The summed E-state index contributed by atoms with van der Waals surface area (Å²) in [6.45, 7) is 1.98. The van der Waals surface area contributed by atoms with E-state index in [2.05, 4.69) is 15.1 Å². The van der Waals surface area contributed by atoms with Crippen molar-refractivity contribution in [3.63, 3.8) is 0 Å². The third kappa shape index (κ3) is 1.63. The Morgan fingerprint density at radius 1 is 1.22 bits per heavy atom. The molecule has 0 saturated heterocycles. The Kier molecular flexibility index (Phi) is 2.47. The number of ketones is 1. The van der Waals surface area contributed by atoms with Crippen molar-refractivity contribution in [2.24, 2.45) is 7.05 Å². The van der Waals surface area contributed by atoms with Crippen LogP contribution in [0.5, 0.6) is 0 Å². The van der Waals surface area contributed by atoms with Crippen LogP contribution in [0.1, 0.15) is 34.6 Å². The number of nitrogens with zero attached hydrogens (tertiary/aromatic N) is 4. The van der Waals surface area contributed by atoms with E-state index in [9.17, 15) is 4.79 Å². The Morgan fingerprint density at radius 2 is 2.06 bits per heavy atom. The summed E-state index contributed by atoms with van der Waals surface area (Å²) >= 11 is 0. The summed E-state index contributed by atoms with van der Waals surface area (Å²) in [7, 11) is 1.89. The number of Topliss-reactive ketones (excluding diaryl/α,β-unsaturated/α-hetero) is 1. The molecule has 18 heavy (non-hydrogen) atoms. The minimum atomic E-state index is 0.158. The quantitative estimate of drug-likeness (QED) is 0.763. The molecule has 0 unspecified atom stereocenters. The lowest BCUT2D eigenvalue weighted by Crippen LogP contribution is -2.13. The highest BCUT2D eigenvalue weighted by molar-refractivity contribution is 5.97. The summed E-state index contributed by atoms with van der Waals surface area (Å²) in [6.07, 6.45) is 5.78. The lowest BCUT2D eigenvalue weighted by Gasteiger charge is -2.13. The third-order valence-corrected chi connectivity index (χ3v) is 3.46. The predicted octanol–water partition coefficient (Wildman–Crippen LogP) is 1.70. The Labute approximate surface area is 105 Å². The van der Waals surface area contributed by atoms with E-state index in [1.165, 1.54) is 0 Å². The van der Waals surface area contributed by atoms with Gasteiger partial charge in [-0.3, -0.25) is 9.48 Å². The molecule has 2 aromatic heterocycles. The van der Waals surface area contributed by atoms with E-state index in [1.807, 2.05) is 14.0 Å². The van der Waals surface area contributed by atoms with Crippen LogP contribution in [-0.2, 0) is 13.5 Å². The van der Waals surface area contributed by atoms with Crippen LogP contribution in [0.25, 0.3) is 11.4 Å². The minimum absolute atomic E-state index is 0.158. The molecule has 2 heterocycles. The van der Waals surface area contributed by atoms with Crippen molar-refractivity contribution in [1.82, 2.24) is 19.7 Å². The first kappa shape index (κ1) is 11.1. The van der Waals surface area contributed by atoms with Gasteiger partial charge in [-0.2, -0.15) is 5.10 Å². The van der Waals surface area contributed by atoms with Crippen molar-refractivity contribution < 1.29 is 4.79 Å². The second-order valence-electron chi connectivity index (χ2n) is 4.60. The fourth-order valence-corrected chi connectivity index (χ4v) is 2.24. The molecule has 5 nitrogen and oxygen atoms in total. The smallest absolute Gasteiger partial charge is 0.166 e. The Balaban J connectivity index is 2.10. The Hall–Kier alpha value is -2.04. The van der Waals surface area contributed by atoms with Gasteiger partial charge in [0.2, 0.25) is 0 Å². The summed E-state index contributed by atoms with van der Waals surface area (Å²) in [6, 6.07) is 0. The molecule has 0 aromatic carbocycles. The average molecular weight is 242 g/mol. The van der Waals surface area contributed by atoms with Crippen LogP contribution in [0.15, 0.2) is 12.4 Å². The van der Waals surface area contributed by atoms with Crippen LogP contribution in [0.2, 0.25) is 0 Å². The van der Waals surface area contributed by atoms with Gasteiger partial charge in [-0.25, -0.2) is 9.97 Å². The molecule has 1 aliphatic carbocycles. The standard InChI is InChI=1S/C13H14N4O/c1-8-9(7-15-17(8)2)13-14-6-10-11(16-13)4-3-5-12(10)18/h6-7H,3-5H2,1-2H3. The van der Waals surface area contributed by atoms with Gasteiger partial charge in [-0.15, -0.1) is 0 Å². The molecule has 0 saturated carbocycles. The number of hydrogen-bond donors (Lipinski definition) is 0. The number of carbonyl (C=O) groups excluding carboxylic acids is 1. The highest BCUT2D eigenvalue weighted by Gasteiger charge is 2.20. The van der Waals surface area contributed by atoms with Crippen molar-refractivity contribution in [2.45, 2.75) is 26.2 Å². The molecular formula is C13H14N4O. The van der Waals surface area contributed by atoms with Gasteiger partial charge in [0.05, 0.1) is 23.0 Å². The van der Waals surface area contributed by atoms with Crippen LogP contribution in [0.4, 0.5) is 0 Å². The van der Waals surface area contributed by atoms with E-state index < -0.39 is 0 Å². The summed E-state index contributed by atoms with van der Waals surface area (Å²) in [5.74, 6) is 0.819. The van der Waals surface area contributed by atoms with Crippen molar-refractivity contribution in [1.29, 1.82) is 0 Å². The van der Waals surface area contributed by atoms with Crippen LogP contribution >= 0.6 is 0 Å². The van der Waals surface area contributed by atoms with Gasteiger partial charge in [0, 0.05) is 25.4 Å². The SMILES string of the molecule is Cc1c(-c2ncc3c(n2)CCCC3=O)cnn1C. The maximum atomic E-state index is 11.7. The van der Waals surface area contributed by atoms with E-state index in [1.54, 1.807) is 17.1 Å². The number of aryl methyl sites for hydroxylation is 2. The van der Waals surface area contributed by atoms with Gasteiger partial charge in [0.25, 0.3) is 0 Å². The first-order valence-corrected chi connectivity index (χ1v) is 6.05. The molecule has 0 fully saturated rings. The van der Waals surface area contributed by atoms with Gasteiger partial charge < -0.3 is 0 Å². The monoisotopic (exact) mass is 242 g/mol. The number of hydrogen-bond acceptors (Lipinski definition) is 4. The van der Waals surface area contributed by atoms with Gasteiger partial charge in [0.1, 0.15) is 0 Å². The lowest BCUT2D eigenvalue weighted by molar-refractivity contribution is 0.0971. The fraction of sp³-hybridized carbons (Fsp3) is 0.385. The second kappa shape index (κ2) is 4.01. The number of carbonyl (C=O) groups is 1. The van der Waals surface area contributed by atoms with E-state index >= 15 is 0 Å². The molecule has 3 rings (SSSR count). The second-order valence-corrected chi connectivity index (χ2v) is 4.60. The van der Waals surface area contributed by atoms with Gasteiger partial charge >= 0.3 is 0 Å². The predicted molar refractivity (Wildman–Crippen MR) is 66.2 cm³/mol. The largest absolute Gasteiger partial charge is 0.294 e. The molecule has 2 aromatic rings. The van der Waals surface area contributed by atoms with Crippen molar-refractivity contribution in [3.05, 3.63) is 29.3 Å². The fourth-order valence-electron chi connectivity index (χ4n) is 2.24. The van der Waals surface area contributed by atoms with Gasteiger partial charge in [0.15, 0.2) is 11.6 Å². The van der Waals surface area contributed by atoms with E-state index in [0.29, 0.717) is 17.8 Å². The Bertz CT molecular complexity index is 630. The van der Waals surface area contributed by atoms with Crippen LogP contribution in [0.3, 0.4) is 0 Å². The maximum absolute atomic E-state index is 11.7. The topological polar surface area (TPSA) is 60.7 Å². The highest BCUT2D eigenvalue weighted by atomic mass is 16.1. The van der Waals surface area contributed by atoms with E-state index in [4.69, 9.17) is 0 Å². The molecular weight excluding hydrogens is 228 g/mol. The third-order valence-electron chi connectivity index (χ3n) is 3.46. The molecule has 0 aliphatic heterocycles. The average Bonchev–Trinajstić information content (AvgIpc) is 2.70. The zero-order valence-electron chi connectivity index (χ0n) is 10.5. The zero-order valence-corrected chi connectivity index (χ0v) is 10.5. The van der Waals surface area contributed by atoms with Crippen LogP contribution in [0, 0.1) is 6.92 Å². The Morgan fingerprint density at radius 3 is 2.78 bits per heavy atom. The highest BCUT2D eigenvalue weighted by Crippen LogP contribution is 2.23. The molecule has 0 bridgehead atoms. The van der Waals surface area contributed by atoms with Crippen LogP contribution < -0.4 is 0 Å². The zero-order chi connectivity index (χ0) is 12.7. The number of rotatable bonds is 1. The number of fused-ring (bicyclic) bond motifs is 1. The minimum Gasteiger partial charge on any atom is -0.294 e. The lowest BCUT2D eigenvalue weighted by atomic mass is 9.96. The summed E-state index contributed by atoms with van der Waals surface area (Å²) in [5.41, 5.74) is 3.52. The van der Waals surface area contributed by atoms with E-state index in [0.717, 1.165) is 29.8 Å². The van der Waals surface area contributed by atoms with Crippen molar-refractivity contribution in [3.8, 4) is 11.4 Å². The molecule has 1 aliphatic rings. The molecule has 0 atom stereocenters. The normalized spacial score (nSPS) is 14.7. The first-order valence-electron chi connectivity index (χ1n) is 6.05. The van der Waals surface area contributed by atoms with Crippen molar-refractivity contribution in [2.75, 3.05) is 0 Å². The number of aromatic nitrogens is 4. The van der Waals surface area contributed by atoms with E-state index in [-0.39, 0.29) is 5.78 Å². The molecule has 0 N–H and O–H groups in total. The molecule has 0 amide bonds. The van der Waals surface area contributed by atoms with Gasteiger partial charge in [-0.05, 0) is 19.8 Å². The molecule has 0 spiro atoms. The van der Waals surface area contributed by atoms with Crippen molar-refractivity contribution >= 4 is 5.78 Å². The summed E-state index contributed by atoms with van der Waals surface area (Å²) in [4.78, 5) is 20.5. The van der Waals surface area contributed by atoms with Crippen LogP contribution in [-0.4, -0.2) is 25.5 Å². The molecule has 5 heteroatoms. The first-order chi connectivity index (χ1) is 8.66. The summed E-state index contributed by atoms with van der Waals surface area (Å²) < 4.78 is 1.79. The molecule has 92 valence electrons. The summed E-state index contributed by atoms with van der Waals surface area (Å²) in [5, 5.41) is 4.19. The molecule has 0 radical (unpaired) electrons.